The monoisotopic (exact) mass is 411 g/mol. The first-order valence-corrected chi connectivity index (χ1v) is 10.7. The summed E-state index contributed by atoms with van der Waals surface area (Å²) in [6.45, 7) is 7.64. The van der Waals surface area contributed by atoms with E-state index in [1.165, 1.54) is 11.8 Å². The van der Waals surface area contributed by atoms with Crippen molar-refractivity contribution in [1.82, 2.24) is 20.0 Å². The number of aromatic nitrogens is 4. The minimum atomic E-state index is -0.0823. The number of thioether (sulfide) groups is 2. The van der Waals surface area contributed by atoms with Gasteiger partial charge in [-0.25, -0.2) is 4.68 Å². The van der Waals surface area contributed by atoms with E-state index < -0.39 is 0 Å². The molecule has 3 aromatic rings. The van der Waals surface area contributed by atoms with Crippen molar-refractivity contribution < 1.29 is 4.79 Å². The number of carbonyl (C=O) groups is 1. The molecule has 0 saturated heterocycles. The topological polar surface area (TPSA) is 72.7 Å². The lowest BCUT2D eigenvalue weighted by atomic mass is 10.3. The highest BCUT2D eigenvalue weighted by Gasteiger charge is 2.10. The Kier molecular flexibility index (Phi) is 6.89. The fourth-order valence-electron chi connectivity index (χ4n) is 2.53. The molecule has 0 radical (unpaired) electrons. The summed E-state index contributed by atoms with van der Waals surface area (Å²) in [6, 6.07) is 13.4. The van der Waals surface area contributed by atoms with E-state index in [2.05, 4.69) is 27.2 Å². The summed E-state index contributed by atoms with van der Waals surface area (Å²) in [6.07, 6.45) is 1.84. The molecule has 0 fully saturated rings. The number of rotatable bonds is 8. The van der Waals surface area contributed by atoms with Gasteiger partial charge >= 0.3 is 0 Å². The molecule has 8 heteroatoms. The highest BCUT2D eigenvalue weighted by molar-refractivity contribution is 8.00. The van der Waals surface area contributed by atoms with Crippen LogP contribution in [-0.2, 0) is 4.79 Å². The minimum absolute atomic E-state index is 0.0823. The van der Waals surface area contributed by atoms with Crippen molar-refractivity contribution in [3.63, 3.8) is 0 Å². The molecule has 3 rings (SSSR count). The van der Waals surface area contributed by atoms with Crippen LogP contribution in [0.15, 0.2) is 65.0 Å². The van der Waals surface area contributed by atoms with Crippen LogP contribution >= 0.6 is 23.5 Å². The van der Waals surface area contributed by atoms with E-state index >= 15 is 0 Å². The molecular formula is C20H21N5OS2. The van der Waals surface area contributed by atoms with E-state index in [1.54, 1.807) is 16.4 Å². The molecule has 6 nitrogen and oxygen atoms in total. The predicted molar refractivity (Wildman–Crippen MR) is 115 cm³/mol. The van der Waals surface area contributed by atoms with Crippen molar-refractivity contribution in [2.24, 2.45) is 0 Å². The van der Waals surface area contributed by atoms with E-state index in [1.807, 2.05) is 62.4 Å². The smallest absolute Gasteiger partial charge is 0.234 e. The maximum atomic E-state index is 12.3. The quantitative estimate of drug-likeness (QED) is 0.440. The average molecular weight is 412 g/mol. The second kappa shape index (κ2) is 9.57. The van der Waals surface area contributed by atoms with Gasteiger partial charge in [0.15, 0.2) is 5.82 Å². The van der Waals surface area contributed by atoms with Gasteiger partial charge in [0.25, 0.3) is 0 Å². The molecule has 1 amide bonds. The van der Waals surface area contributed by atoms with Crippen LogP contribution in [0, 0.1) is 13.8 Å². The Hall–Kier alpha value is -2.58. The number of nitrogens with zero attached hydrogens (tertiary/aromatic N) is 4. The van der Waals surface area contributed by atoms with E-state index in [4.69, 9.17) is 0 Å². The van der Waals surface area contributed by atoms with Gasteiger partial charge in [-0.2, -0.15) is 5.10 Å². The molecule has 2 aromatic heterocycles. The molecular weight excluding hydrogens is 390 g/mol. The summed E-state index contributed by atoms with van der Waals surface area (Å²) >= 11 is 2.98. The van der Waals surface area contributed by atoms with E-state index in [0.717, 1.165) is 27.7 Å². The van der Waals surface area contributed by atoms with Gasteiger partial charge in [0.1, 0.15) is 5.03 Å². The summed E-state index contributed by atoms with van der Waals surface area (Å²) < 4.78 is 1.75. The standard InChI is InChI=1S/C20H21N5OS2/c1-4-11-27-17-8-6-5-7-16(17)21-19(26)13-28-20-10-9-18(22-23-20)25-15(3)12-14(2)24-25/h4-10,12H,1,11,13H2,2-3H3,(H,21,26). The van der Waals surface area contributed by atoms with Crippen molar-refractivity contribution in [3.05, 3.63) is 66.5 Å². The van der Waals surface area contributed by atoms with Gasteiger partial charge in [0.05, 0.1) is 17.1 Å². The van der Waals surface area contributed by atoms with Gasteiger partial charge in [-0.15, -0.1) is 28.5 Å². The fourth-order valence-corrected chi connectivity index (χ4v) is 3.89. The molecule has 0 aliphatic rings. The molecule has 28 heavy (non-hydrogen) atoms. The SMILES string of the molecule is C=CCSc1ccccc1NC(=O)CSc1ccc(-n2nc(C)cc2C)nn1. The lowest BCUT2D eigenvalue weighted by Crippen LogP contribution is -2.14. The van der Waals surface area contributed by atoms with Crippen LogP contribution in [-0.4, -0.2) is 37.4 Å². The third kappa shape index (κ3) is 5.24. The number of amides is 1. The van der Waals surface area contributed by atoms with Gasteiger partial charge in [-0.3, -0.25) is 4.79 Å². The Morgan fingerprint density at radius 3 is 2.68 bits per heavy atom. The number of hydrogen-bond acceptors (Lipinski definition) is 6. The van der Waals surface area contributed by atoms with Crippen LogP contribution < -0.4 is 5.32 Å². The van der Waals surface area contributed by atoms with Crippen LogP contribution in [0.25, 0.3) is 5.82 Å². The van der Waals surface area contributed by atoms with Crippen molar-refractivity contribution in [1.29, 1.82) is 0 Å². The van der Waals surface area contributed by atoms with Crippen molar-refractivity contribution in [2.75, 3.05) is 16.8 Å². The molecule has 2 heterocycles. The minimum Gasteiger partial charge on any atom is -0.324 e. The Balaban J connectivity index is 1.58. The molecule has 0 bridgehead atoms. The Morgan fingerprint density at radius 1 is 1.18 bits per heavy atom. The number of hydrogen-bond donors (Lipinski definition) is 1. The Bertz CT molecular complexity index is 969. The summed E-state index contributed by atoms with van der Waals surface area (Å²) in [4.78, 5) is 13.3. The van der Waals surface area contributed by atoms with Gasteiger partial charge in [0.2, 0.25) is 5.91 Å². The lowest BCUT2D eigenvalue weighted by molar-refractivity contribution is -0.113. The van der Waals surface area contributed by atoms with Gasteiger partial charge in [-0.05, 0) is 44.2 Å². The number of benzene rings is 1. The predicted octanol–water partition coefficient (Wildman–Crippen LogP) is 4.29. The molecule has 0 aliphatic carbocycles. The van der Waals surface area contributed by atoms with Gasteiger partial charge < -0.3 is 5.32 Å². The zero-order chi connectivity index (χ0) is 19.9. The zero-order valence-corrected chi connectivity index (χ0v) is 17.4. The molecule has 0 saturated carbocycles. The van der Waals surface area contributed by atoms with Crippen LogP contribution in [0.5, 0.6) is 0 Å². The number of carbonyl (C=O) groups excluding carboxylic acids is 1. The molecule has 1 N–H and O–H groups in total. The summed E-state index contributed by atoms with van der Waals surface area (Å²) in [5.74, 6) is 1.63. The van der Waals surface area contributed by atoms with Gasteiger partial charge in [-0.1, -0.05) is 30.0 Å². The Labute approximate surface area is 172 Å². The highest BCUT2D eigenvalue weighted by atomic mass is 32.2. The van der Waals surface area contributed by atoms with E-state index in [0.29, 0.717) is 10.8 Å². The number of anilines is 1. The maximum absolute atomic E-state index is 12.3. The zero-order valence-electron chi connectivity index (χ0n) is 15.8. The van der Waals surface area contributed by atoms with Crippen molar-refractivity contribution >= 4 is 35.1 Å². The second-order valence-electron chi connectivity index (χ2n) is 6.00. The third-order valence-corrected chi connectivity index (χ3v) is 5.71. The maximum Gasteiger partial charge on any atom is 0.234 e. The highest BCUT2D eigenvalue weighted by Crippen LogP contribution is 2.27. The third-order valence-electron chi connectivity index (χ3n) is 3.72. The van der Waals surface area contributed by atoms with E-state index in [-0.39, 0.29) is 11.7 Å². The first-order valence-electron chi connectivity index (χ1n) is 8.69. The fraction of sp³-hybridized carbons (Fsp3) is 0.200. The average Bonchev–Trinajstić information content (AvgIpc) is 3.04. The Morgan fingerprint density at radius 2 is 2.00 bits per heavy atom. The van der Waals surface area contributed by atoms with Crippen LogP contribution in [0.1, 0.15) is 11.4 Å². The summed E-state index contributed by atoms with van der Waals surface area (Å²) in [7, 11) is 0. The first-order chi connectivity index (χ1) is 13.6. The van der Waals surface area contributed by atoms with Crippen LogP contribution in [0.3, 0.4) is 0 Å². The number of nitrogens with one attached hydrogen (secondary N) is 1. The van der Waals surface area contributed by atoms with Crippen LogP contribution in [0.2, 0.25) is 0 Å². The van der Waals surface area contributed by atoms with Crippen LogP contribution in [0.4, 0.5) is 5.69 Å². The number of para-hydroxylation sites is 1. The van der Waals surface area contributed by atoms with Gasteiger partial charge in [0, 0.05) is 16.3 Å². The first kappa shape index (κ1) is 20.2. The molecule has 0 atom stereocenters. The summed E-state index contributed by atoms with van der Waals surface area (Å²) in [5.41, 5.74) is 2.74. The van der Waals surface area contributed by atoms with Crippen molar-refractivity contribution in [3.8, 4) is 5.82 Å². The second-order valence-corrected chi connectivity index (χ2v) is 8.06. The van der Waals surface area contributed by atoms with Crippen molar-refractivity contribution in [2.45, 2.75) is 23.8 Å². The molecule has 1 aromatic carbocycles. The molecule has 0 aliphatic heterocycles. The number of aryl methyl sites for hydroxylation is 2. The molecule has 0 unspecified atom stereocenters. The lowest BCUT2D eigenvalue weighted by Gasteiger charge is -2.10. The summed E-state index contributed by atoms with van der Waals surface area (Å²) in [5, 5.41) is 16.5. The van der Waals surface area contributed by atoms with E-state index in [9.17, 15) is 4.79 Å². The largest absolute Gasteiger partial charge is 0.324 e. The normalized spacial score (nSPS) is 10.6. The molecule has 0 spiro atoms. The molecule has 144 valence electrons.